The Bertz CT molecular complexity index is 2670. The van der Waals surface area contributed by atoms with Crippen LogP contribution in [0.5, 0.6) is 0 Å². The Morgan fingerprint density at radius 2 is 0.850 bits per heavy atom. The SMILES string of the molecule is C[C@H](CC[C@@H](O[C@@H]1O[C@H](CO[C@@H]2O[C@H](COC3O[C@H](CO)[C@@H](O)[C@H](O)[C@H]3O)[C@@H](O)[C@H](O)[C@H]2O)[C@@H](O)[C@H](O)[C@H]1O[C@H]1O[C@@H](CO)[C@H](O)[C@@H](O)[C@@H]1O)C(C)(C)O)C1CC[C@@]2(C)C3CC=C4C(CC[C@H](O[C@@H]5O[C@H](CO[C@H]6O[C@H](CO)[C@@H](O)[C@H](O)[C@H]6O)[C@@H](O)[C@H](O)[C@H]5O)C4(C)C)[C@]3(C)[C@H](O)C[C@]12C. The van der Waals surface area contributed by atoms with E-state index in [4.69, 9.17) is 56.8 Å². The third kappa shape index (κ3) is 14.9. The number of ether oxygens (including phenoxy) is 12. The Morgan fingerprint density at radius 3 is 1.30 bits per heavy atom. The Hall–Kier alpha value is -1.62. The highest BCUT2D eigenvalue weighted by Gasteiger charge is 2.71. The third-order valence-electron chi connectivity index (χ3n) is 25.0. The molecular formula is C66H112O34. The zero-order valence-corrected chi connectivity index (χ0v) is 57.6. The summed E-state index contributed by atoms with van der Waals surface area (Å²) in [5, 5.41) is 239. The van der Waals surface area contributed by atoms with Crippen LogP contribution < -0.4 is 0 Å². The first-order chi connectivity index (χ1) is 46.8. The first-order valence-corrected chi connectivity index (χ1v) is 35.1. The maximum atomic E-state index is 12.9. The van der Waals surface area contributed by atoms with E-state index in [1.54, 1.807) is 0 Å². The lowest BCUT2D eigenvalue weighted by Gasteiger charge is -2.67. The first kappa shape index (κ1) is 80.9. The van der Waals surface area contributed by atoms with E-state index in [0.717, 1.165) is 18.4 Å². The average Bonchev–Trinajstić information content (AvgIpc) is 1.32. The van der Waals surface area contributed by atoms with Crippen molar-refractivity contribution in [3.63, 3.8) is 0 Å². The number of rotatable bonds is 23. The van der Waals surface area contributed by atoms with Gasteiger partial charge in [0.05, 0.1) is 63.6 Å². The lowest BCUT2D eigenvalue weighted by atomic mass is 9.38. The van der Waals surface area contributed by atoms with Crippen LogP contribution in [-0.2, 0) is 56.8 Å². The van der Waals surface area contributed by atoms with E-state index in [1.807, 2.05) is 13.8 Å². The Kier molecular flexibility index (Phi) is 25.5. The van der Waals surface area contributed by atoms with Gasteiger partial charge < -0.3 is 169 Å². The molecule has 3 saturated carbocycles. The second kappa shape index (κ2) is 31.5. The van der Waals surface area contributed by atoms with Crippen LogP contribution in [0.4, 0.5) is 0 Å². The molecule has 100 heavy (non-hydrogen) atoms. The lowest BCUT2D eigenvalue weighted by Crippen LogP contribution is -2.65. The summed E-state index contributed by atoms with van der Waals surface area (Å²) in [6.45, 7) is 11.5. The summed E-state index contributed by atoms with van der Waals surface area (Å²) in [6.07, 6.45) is -47.9. The van der Waals surface area contributed by atoms with Crippen molar-refractivity contribution >= 4 is 0 Å². The van der Waals surface area contributed by atoms with Gasteiger partial charge in [0.25, 0.3) is 0 Å². The van der Waals surface area contributed by atoms with E-state index in [9.17, 15) is 112 Å². The van der Waals surface area contributed by atoms with Crippen LogP contribution in [0.25, 0.3) is 0 Å². The van der Waals surface area contributed by atoms with Crippen LogP contribution in [0.2, 0.25) is 0 Å². The number of allylic oxidation sites excluding steroid dienone is 1. The molecule has 4 unspecified atom stereocenters. The average molecular weight is 1450 g/mol. The zero-order valence-electron chi connectivity index (χ0n) is 57.6. The predicted molar refractivity (Wildman–Crippen MR) is 333 cm³/mol. The second-order valence-corrected chi connectivity index (χ2v) is 31.6. The van der Waals surface area contributed by atoms with Gasteiger partial charge >= 0.3 is 0 Å². The number of fused-ring (bicyclic) bond motifs is 5. The van der Waals surface area contributed by atoms with Crippen molar-refractivity contribution in [3.8, 4) is 0 Å². The van der Waals surface area contributed by atoms with Crippen molar-refractivity contribution in [2.45, 2.75) is 315 Å². The molecule has 9 fully saturated rings. The molecule has 0 aromatic carbocycles. The number of hydrogen-bond donors (Lipinski definition) is 22. The van der Waals surface area contributed by atoms with Gasteiger partial charge in [0.2, 0.25) is 0 Å². The molecule has 0 bridgehead atoms. The van der Waals surface area contributed by atoms with E-state index < -0.39 is 264 Å². The maximum Gasteiger partial charge on any atom is 0.187 e. The summed E-state index contributed by atoms with van der Waals surface area (Å²) in [4.78, 5) is 0. The summed E-state index contributed by atoms with van der Waals surface area (Å²) in [7, 11) is 0. The van der Waals surface area contributed by atoms with Crippen LogP contribution in [0.1, 0.15) is 107 Å². The minimum atomic E-state index is -2.04. The molecule has 6 saturated heterocycles. The van der Waals surface area contributed by atoms with Crippen molar-refractivity contribution in [2.75, 3.05) is 39.6 Å². The summed E-state index contributed by atoms with van der Waals surface area (Å²) in [5.41, 5.74) is -2.71. The van der Waals surface area contributed by atoms with Crippen LogP contribution in [-0.4, -0.2) is 360 Å². The van der Waals surface area contributed by atoms with Crippen molar-refractivity contribution in [1.29, 1.82) is 0 Å². The van der Waals surface area contributed by atoms with E-state index in [2.05, 4.69) is 33.8 Å². The fraction of sp³-hybridized carbons (Fsp3) is 0.970. The van der Waals surface area contributed by atoms with Crippen LogP contribution >= 0.6 is 0 Å². The maximum absolute atomic E-state index is 12.9. The molecule has 10 aliphatic rings. The van der Waals surface area contributed by atoms with Gasteiger partial charge in [-0.15, -0.1) is 0 Å². The molecule has 34 heteroatoms. The van der Waals surface area contributed by atoms with Crippen LogP contribution in [0, 0.1) is 45.3 Å². The molecule has 6 heterocycles. The normalized spacial score (nSPS) is 52.1. The van der Waals surface area contributed by atoms with E-state index in [0.29, 0.717) is 32.1 Å². The molecule has 0 radical (unpaired) electrons. The van der Waals surface area contributed by atoms with Gasteiger partial charge in [0, 0.05) is 10.8 Å². The highest BCUT2D eigenvalue weighted by Crippen LogP contribution is 2.75. The molecule has 34 nitrogen and oxygen atoms in total. The van der Waals surface area contributed by atoms with E-state index in [-0.39, 0.29) is 35.5 Å². The molecule has 0 aromatic heterocycles. The summed E-state index contributed by atoms with van der Waals surface area (Å²) >= 11 is 0. The second-order valence-electron chi connectivity index (χ2n) is 31.6. The summed E-state index contributed by atoms with van der Waals surface area (Å²) in [6, 6.07) is 0. The van der Waals surface area contributed by atoms with E-state index >= 15 is 0 Å². The molecule has 4 aliphatic carbocycles. The van der Waals surface area contributed by atoms with Gasteiger partial charge in [-0.1, -0.05) is 53.2 Å². The van der Waals surface area contributed by atoms with Crippen LogP contribution in [0.3, 0.4) is 0 Å². The van der Waals surface area contributed by atoms with Gasteiger partial charge in [0.1, 0.15) is 146 Å². The lowest BCUT2D eigenvalue weighted by molar-refractivity contribution is -0.380. The van der Waals surface area contributed by atoms with Crippen molar-refractivity contribution in [1.82, 2.24) is 0 Å². The summed E-state index contributed by atoms with van der Waals surface area (Å²) in [5.74, 6) is -0.169. The third-order valence-corrected chi connectivity index (χ3v) is 25.0. The topological polar surface area (TPSA) is 556 Å². The molecule has 10 rings (SSSR count). The number of hydrogen-bond acceptors (Lipinski definition) is 34. The Labute approximate surface area is 579 Å². The fourth-order valence-electron chi connectivity index (χ4n) is 18.4. The molecular weight excluding hydrogens is 1340 g/mol. The summed E-state index contributed by atoms with van der Waals surface area (Å²) < 4.78 is 70.9. The van der Waals surface area contributed by atoms with Gasteiger partial charge in [-0.25, -0.2) is 0 Å². The van der Waals surface area contributed by atoms with E-state index in [1.165, 1.54) is 13.8 Å². The van der Waals surface area contributed by atoms with Crippen molar-refractivity contribution < 1.29 is 169 Å². The largest absolute Gasteiger partial charge is 0.394 e. The highest BCUT2D eigenvalue weighted by atomic mass is 16.8. The molecule has 22 N–H and O–H groups in total. The van der Waals surface area contributed by atoms with Crippen LogP contribution in [0.15, 0.2) is 11.6 Å². The Balaban J connectivity index is 0.815. The van der Waals surface area contributed by atoms with Gasteiger partial charge in [0.15, 0.2) is 37.7 Å². The molecule has 0 amide bonds. The minimum Gasteiger partial charge on any atom is -0.394 e. The minimum absolute atomic E-state index is 0.00195. The quantitative estimate of drug-likeness (QED) is 0.0423. The first-order valence-electron chi connectivity index (χ1n) is 35.1. The predicted octanol–water partition coefficient (Wildman–Crippen LogP) is -7.58. The highest BCUT2D eigenvalue weighted by molar-refractivity contribution is 5.32. The monoisotopic (exact) mass is 1450 g/mol. The number of aliphatic hydroxyl groups excluding tert-OH is 21. The fourth-order valence-corrected chi connectivity index (χ4v) is 18.4. The smallest absolute Gasteiger partial charge is 0.187 e. The molecule has 580 valence electrons. The zero-order chi connectivity index (χ0) is 73.5. The molecule has 40 atom stereocenters. The van der Waals surface area contributed by atoms with Crippen molar-refractivity contribution in [3.05, 3.63) is 11.6 Å². The van der Waals surface area contributed by atoms with Gasteiger partial charge in [-0.05, 0) is 99.7 Å². The molecule has 0 spiro atoms. The Morgan fingerprint density at radius 1 is 0.460 bits per heavy atom. The molecule has 0 aromatic rings. The van der Waals surface area contributed by atoms with Gasteiger partial charge in [-0.3, -0.25) is 0 Å². The van der Waals surface area contributed by atoms with Gasteiger partial charge in [-0.2, -0.15) is 0 Å². The molecule has 6 aliphatic heterocycles. The van der Waals surface area contributed by atoms with Crippen molar-refractivity contribution in [2.24, 2.45) is 45.3 Å². The standard InChI is InChI=1S/C66H112O34/c1-24(25-15-16-64(6)34-12-10-26-27(66(34,8)35(70)17-65(25,64)7)11-14-36(62(26,2)3)98-59-53(86)48(81)42(75)32(96-59)22-90-57-51(84)45(78)39(72)29(19-68)93-57)9-13-37(63(4,5)88)99-61-55(100-60-54(87)46(79)40(73)30(20-69)94-60)49(82)43(76)33(97-61)23-91-58-52(85)47(80)41(74)31(95-58)21-89-56-50(83)44(77)38(71)28(18-67)92-56/h10,24-25,27-61,67-88H,9,11-23H2,1-8H3/t24-,25?,27?,28-,29-,30+,31-,32-,33-,34?,35-,36+,37-,38-,39-,40+,41-,42-,43-,44+,45+,46-,47+,48+,49+,50-,51-,52-,53-,54+,55-,56?,57+,58-,59+,60-,61+,64+,65-,66+/m1/s1. The number of aliphatic hydroxyl groups is 22.